The first-order chi connectivity index (χ1) is 22.8. The molecule has 1 atom stereocenters. The van der Waals surface area contributed by atoms with Gasteiger partial charge in [-0.25, -0.2) is 8.78 Å². The predicted molar refractivity (Wildman–Crippen MR) is 199 cm³/mol. The quantitative estimate of drug-likeness (QED) is 0.127. The van der Waals surface area contributed by atoms with Crippen molar-refractivity contribution in [2.24, 2.45) is 0 Å². The highest BCUT2D eigenvalue weighted by Crippen LogP contribution is 2.60. The summed E-state index contributed by atoms with van der Waals surface area (Å²) in [5.74, 6) is -0.587. The molecule has 1 heterocycles. The van der Waals surface area contributed by atoms with Gasteiger partial charge in [0.05, 0.1) is 10.6 Å². The van der Waals surface area contributed by atoms with Crippen molar-refractivity contribution in [2.45, 2.75) is 67.5 Å². The van der Waals surface area contributed by atoms with Crippen molar-refractivity contribution in [3.63, 3.8) is 0 Å². The van der Waals surface area contributed by atoms with Crippen LogP contribution in [-0.2, 0) is 5.16 Å². The Balaban J connectivity index is 1.68. The summed E-state index contributed by atoms with van der Waals surface area (Å²) in [6.07, 6.45) is 2.21. The van der Waals surface area contributed by atoms with E-state index < -0.39 is 5.16 Å². The van der Waals surface area contributed by atoms with E-state index in [4.69, 9.17) is 0 Å². The Kier molecular flexibility index (Phi) is 9.09. The zero-order valence-electron chi connectivity index (χ0n) is 29.3. The van der Waals surface area contributed by atoms with Crippen LogP contribution in [0.15, 0.2) is 96.6 Å². The standard InChI is InChI=1S/C43H43F2N2P/c1-26-18-29(4)40(30(5)19-26)43(35-10-14-37(44)15-11-35,36-12-16-38(45)17-13-36)48-39-24-46(41-31(6)20-27(2)21-32(41)7)25-47(39)42-33(8)22-28(3)23-34(42)9/h10-24,48H,1-9H3. The van der Waals surface area contributed by atoms with E-state index in [1.165, 1.54) is 52.1 Å². The predicted octanol–water partition coefficient (Wildman–Crippen LogP) is 11.5. The van der Waals surface area contributed by atoms with Gasteiger partial charge in [-0.05, 0) is 137 Å². The van der Waals surface area contributed by atoms with Crippen molar-refractivity contribution in [3.05, 3.63) is 182 Å². The fourth-order valence-corrected chi connectivity index (χ4v) is 9.84. The van der Waals surface area contributed by atoms with Gasteiger partial charge in [0.1, 0.15) is 11.6 Å². The van der Waals surface area contributed by atoms with Crippen LogP contribution in [0, 0.1) is 80.6 Å². The molecule has 1 unspecified atom stereocenters. The van der Waals surface area contributed by atoms with Crippen LogP contribution >= 0.6 is 8.58 Å². The van der Waals surface area contributed by atoms with Crippen LogP contribution in [0.4, 0.5) is 20.2 Å². The first-order valence-electron chi connectivity index (χ1n) is 16.4. The highest BCUT2D eigenvalue weighted by Gasteiger charge is 2.43. The van der Waals surface area contributed by atoms with E-state index in [0.717, 1.165) is 55.8 Å². The minimum atomic E-state index is -0.769. The van der Waals surface area contributed by atoms with Crippen LogP contribution in [-0.4, -0.2) is 0 Å². The third kappa shape index (κ3) is 6.08. The van der Waals surface area contributed by atoms with E-state index in [0.29, 0.717) is 0 Å². The van der Waals surface area contributed by atoms with Crippen molar-refractivity contribution in [1.82, 2.24) is 0 Å². The second-order valence-electron chi connectivity index (χ2n) is 13.5. The average Bonchev–Trinajstić information content (AvgIpc) is 3.37. The van der Waals surface area contributed by atoms with Crippen LogP contribution in [0.5, 0.6) is 0 Å². The normalized spacial score (nSPS) is 13.6. The number of aryl methyl sites for hydroxylation is 9. The summed E-state index contributed by atoms with van der Waals surface area (Å²) >= 11 is 0. The second-order valence-corrected chi connectivity index (χ2v) is 15.0. The topological polar surface area (TPSA) is 6.48 Å². The summed E-state index contributed by atoms with van der Waals surface area (Å²) < 4.78 is 29.2. The second kappa shape index (κ2) is 13.0. The Bertz CT molecular complexity index is 1930. The van der Waals surface area contributed by atoms with Gasteiger partial charge in [-0.1, -0.05) is 85.9 Å². The molecule has 1 aliphatic rings. The average molecular weight is 657 g/mol. The summed E-state index contributed by atoms with van der Waals surface area (Å²) in [7, 11) is 0.119. The zero-order valence-corrected chi connectivity index (χ0v) is 30.3. The maximum absolute atomic E-state index is 14.6. The molecule has 0 amide bonds. The molecule has 2 nitrogen and oxygen atoms in total. The Hall–Kier alpha value is -4.27. The van der Waals surface area contributed by atoms with Crippen LogP contribution in [0.3, 0.4) is 0 Å². The molecule has 0 fully saturated rings. The Labute approximate surface area is 286 Å². The van der Waals surface area contributed by atoms with Crippen molar-refractivity contribution >= 4 is 20.0 Å². The maximum atomic E-state index is 14.6. The van der Waals surface area contributed by atoms with E-state index in [1.54, 1.807) is 0 Å². The monoisotopic (exact) mass is 656 g/mol. The molecule has 0 spiro atoms. The van der Waals surface area contributed by atoms with Gasteiger partial charge in [0.15, 0.2) is 0 Å². The van der Waals surface area contributed by atoms with Gasteiger partial charge in [0, 0.05) is 17.6 Å². The number of anilines is 2. The van der Waals surface area contributed by atoms with Gasteiger partial charge in [-0.3, -0.25) is 0 Å². The largest absolute Gasteiger partial charge is 0.314 e. The molecule has 0 N–H and O–H groups in total. The molecule has 6 rings (SSSR count). The Morgan fingerprint density at radius 3 is 1.31 bits per heavy atom. The molecular weight excluding hydrogens is 613 g/mol. The van der Waals surface area contributed by atoms with Gasteiger partial charge in [-0.15, -0.1) is 0 Å². The summed E-state index contributed by atoms with van der Waals surface area (Å²) in [6.45, 7) is 23.1. The lowest BCUT2D eigenvalue weighted by atomic mass is 9.79. The van der Waals surface area contributed by atoms with Crippen molar-refractivity contribution in [1.29, 1.82) is 0 Å². The summed E-state index contributed by atoms with van der Waals surface area (Å²) in [6, 6.07) is 27.0. The van der Waals surface area contributed by atoms with Crippen LogP contribution in [0.25, 0.3) is 0 Å². The Morgan fingerprint density at radius 2 is 0.896 bits per heavy atom. The van der Waals surface area contributed by atoms with E-state index >= 15 is 0 Å². The molecule has 0 aromatic heterocycles. The van der Waals surface area contributed by atoms with Gasteiger partial charge >= 0.3 is 0 Å². The molecule has 0 saturated heterocycles. The molecular formula is C43H43F2N2P. The summed E-state index contributed by atoms with van der Waals surface area (Å²) in [5, 5.41) is -0.769. The number of nitrogens with zero attached hydrogens (tertiary/aromatic N) is 2. The molecule has 2 radical (unpaired) electrons. The third-order valence-electron chi connectivity index (χ3n) is 9.36. The molecule has 5 heteroatoms. The van der Waals surface area contributed by atoms with Gasteiger partial charge in [0.2, 0.25) is 6.67 Å². The first-order valence-corrected chi connectivity index (χ1v) is 17.4. The lowest BCUT2D eigenvalue weighted by Gasteiger charge is -2.40. The van der Waals surface area contributed by atoms with E-state index in [2.05, 4.69) is 121 Å². The van der Waals surface area contributed by atoms with E-state index in [-0.39, 0.29) is 20.2 Å². The molecule has 48 heavy (non-hydrogen) atoms. The molecule has 1 aliphatic heterocycles. The summed E-state index contributed by atoms with van der Waals surface area (Å²) in [4.78, 5) is 4.36. The van der Waals surface area contributed by atoms with Crippen molar-refractivity contribution in [3.8, 4) is 0 Å². The number of hydrogen-bond acceptors (Lipinski definition) is 2. The SMILES string of the molecule is Cc1cc(C)c(N2[C]N(c3c(C)cc(C)cc3C)C(PC(c3ccc(F)cc3)(c3ccc(F)cc3)c3c(C)cc(C)cc3C)=C2)c(C)c1. The highest BCUT2D eigenvalue weighted by molar-refractivity contribution is 7.45. The van der Waals surface area contributed by atoms with Crippen LogP contribution in [0.1, 0.15) is 66.8 Å². The van der Waals surface area contributed by atoms with Crippen LogP contribution in [0.2, 0.25) is 0 Å². The zero-order chi connectivity index (χ0) is 34.5. The summed E-state index contributed by atoms with van der Waals surface area (Å²) in [5.41, 5.74) is 16.8. The molecule has 5 aromatic carbocycles. The van der Waals surface area contributed by atoms with Gasteiger partial charge in [0.25, 0.3) is 0 Å². The molecule has 0 aliphatic carbocycles. The number of rotatable bonds is 7. The van der Waals surface area contributed by atoms with Gasteiger partial charge in [-0.2, -0.15) is 0 Å². The van der Waals surface area contributed by atoms with Crippen molar-refractivity contribution in [2.75, 3.05) is 9.80 Å². The van der Waals surface area contributed by atoms with E-state index in [1.807, 2.05) is 24.3 Å². The smallest absolute Gasteiger partial charge is 0.218 e. The Morgan fingerprint density at radius 1 is 0.521 bits per heavy atom. The fourth-order valence-electron chi connectivity index (χ4n) is 7.85. The van der Waals surface area contributed by atoms with Gasteiger partial charge < -0.3 is 9.80 Å². The van der Waals surface area contributed by atoms with Crippen LogP contribution < -0.4 is 9.80 Å². The van der Waals surface area contributed by atoms with Crippen molar-refractivity contribution < 1.29 is 8.78 Å². The number of halogens is 2. The van der Waals surface area contributed by atoms with E-state index in [9.17, 15) is 8.78 Å². The maximum Gasteiger partial charge on any atom is 0.218 e. The number of hydrogen-bond donors (Lipinski definition) is 0. The fraction of sp³-hybridized carbons (Fsp3) is 0.233. The lowest BCUT2D eigenvalue weighted by molar-refractivity contribution is 0.625. The minimum absolute atomic E-state index is 0.119. The lowest BCUT2D eigenvalue weighted by Crippen LogP contribution is -2.29. The molecule has 5 aromatic rings. The highest BCUT2D eigenvalue weighted by atomic mass is 31.1. The molecule has 0 saturated carbocycles. The molecule has 244 valence electrons. The number of benzene rings is 5. The molecule has 0 bridgehead atoms. The minimum Gasteiger partial charge on any atom is -0.314 e. The first kappa shape index (κ1) is 33.6. The third-order valence-corrected chi connectivity index (χ3v) is 11.2.